The molecule has 0 fully saturated rings. The Morgan fingerprint density at radius 3 is 2.41 bits per heavy atom. The predicted octanol–water partition coefficient (Wildman–Crippen LogP) is 3.86. The van der Waals surface area contributed by atoms with Gasteiger partial charge in [-0.15, -0.1) is 0 Å². The van der Waals surface area contributed by atoms with Gasteiger partial charge in [0.2, 0.25) is 5.91 Å². The third-order valence-electron chi connectivity index (χ3n) is 4.54. The van der Waals surface area contributed by atoms with Crippen LogP contribution in [0.1, 0.15) is 32.0 Å². The number of carbonyl (C=O) groups is 2. The van der Waals surface area contributed by atoms with Crippen molar-refractivity contribution < 1.29 is 27.5 Å². The Morgan fingerprint density at radius 1 is 1.16 bits per heavy atom. The van der Waals surface area contributed by atoms with Crippen molar-refractivity contribution in [3.63, 3.8) is 0 Å². The van der Waals surface area contributed by atoms with Crippen molar-refractivity contribution in [3.8, 4) is 0 Å². The first-order chi connectivity index (χ1) is 14.8. The minimum atomic E-state index is -4.54. The van der Waals surface area contributed by atoms with Crippen LogP contribution in [0.4, 0.5) is 29.5 Å². The van der Waals surface area contributed by atoms with Gasteiger partial charge in [-0.2, -0.15) is 18.3 Å². The first-order valence-corrected chi connectivity index (χ1v) is 9.87. The number of aryl methyl sites for hydroxylation is 1. The molecule has 0 radical (unpaired) electrons. The van der Waals surface area contributed by atoms with Gasteiger partial charge in [-0.25, -0.2) is 4.79 Å². The van der Waals surface area contributed by atoms with Gasteiger partial charge in [0.15, 0.2) is 0 Å². The Morgan fingerprint density at radius 2 is 1.84 bits per heavy atom. The number of alkyl halides is 3. The lowest BCUT2D eigenvalue weighted by Crippen LogP contribution is -2.42. The van der Waals surface area contributed by atoms with Crippen LogP contribution in [-0.2, 0) is 28.2 Å². The van der Waals surface area contributed by atoms with Gasteiger partial charge in [-0.1, -0.05) is 26.8 Å². The van der Waals surface area contributed by atoms with Crippen molar-refractivity contribution in [1.29, 1.82) is 0 Å². The second-order valence-corrected chi connectivity index (χ2v) is 8.26. The summed E-state index contributed by atoms with van der Waals surface area (Å²) in [7, 11) is 3.13. The molecule has 8 nitrogen and oxygen atoms in total. The number of hydrogen-bond donors (Lipinski definition) is 2. The third kappa shape index (κ3) is 6.98. The molecule has 0 saturated heterocycles. The fraction of sp³-hybridized carbons (Fsp3) is 0.476. The highest BCUT2D eigenvalue weighted by atomic mass is 19.4. The van der Waals surface area contributed by atoms with E-state index in [4.69, 9.17) is 4.74 Å². The number of urea groups is 1. The summed E-state index contributed by atoms with van der Waals surface area (Å²) < 4.78 is 45.3. The molecular formula is C21H28F3N5O3. The van der Waals surface area contributed by atoms with E-state index in [-0.39, 0.29) is 30.8 Å². The van der Waals surface area contributed by atoms with Crippen LogP contribution in [0.25, 0.3) is 0 Å². The second-order valence-electron chi connectivity index (χ2n) is 8.26. The molecule has 0 saturated carbocycles. The number of carbonyl (C=O) groups excluding carboxylic acids is 2. The van der Waals surface area contributed by atoms with Gasteiger partial charge in [0.05, 0.1) is 17.9 Å². The van der Waals surface area contributed by atoms with E-state index < -0.39 is 23.7 Å². The lowest BCUT2D eigenvalue weighted by molar-refractivity contribution is -0.137. The van der Waals surface area contributed by atoms with Crippen LogP contribution in [-0.4, -0.2) is 53.4 Å². The third-order valence-corrected chi connectivity index (χ3v) is 4.54. The van der Waals surface area contributed by atoms with Crippen molar-refractivity contribution >= 4 is 23.4 Å². The summed E-state index contributed by atoms with van der Waals surface area (Å²) in [4.78, 5) is 26.4. The Bertz CT molecular complexity index is 951. The molecule has 1 heterocycles. The van der Waals surface area contributed by atoms with Gasteiger partial charge < -0.3 is 20.3 Å². The first-order valence-electron chi connectivity index (χ1n) is 9.87. The van der Waals surface area contributed by atoms with Gasteiger partial charge in [0.25, 0.3) is 0 Å². The Labute approximate surface area is 184 Å². The summed E-state index contributed by atoms with van der Waals surface area (Å²) in [5, 5.41) is 9.49. The highest BCUT2D eigenvalue weighted by molar-refractivity contribution is 5.96. The molecular weight excluding hydrogens is 427 g/mol. The average molecular weight is 455 g/mol. The molecule has 0 aliphatic heterocycles. The number of hydrogen-bond acceptors (Lipinski definition) is 4. The van der Waals surface area contributed by atoms with Crippen LogP contribution in [0.5, 0.6) is 0 Å². The van der Waals surface area contributed by atoms with Gasteiger partial charge in [0.1, 0.15) is 12.4 Å². The Hall–Kier alpha value is -3.08. The SMILES string of the molecule is COCCN(CC(=O)Nc1cc(C(C)(C)C)nn1C)C(=O)Nc1cccc(C(F)(F)F)c1. The summed E-state index contributed by atoms with van der Waals surface area (Å²) in [6, 6.07) is 5.30. The number of nitrogens with one attached hydrogen (secondary N) is 2. The molecule has 0 aliphatic carbocycles. The van der Waals surface area contributed by atoms with Crippen molar-refractivity contribution in [1.82, 2.24) is 14.7 Å². The molecule has 0 bridgehead atoms. The Balaban J connectivity index is 2.10. The summed E-state index contributed by atoms with van der Waals surface area (Å²) in [6.45, 7) is 5.85. The van der Waals surface area contributed by atoms with E-state index in [1.165, 1.54) is 23.9 Å². The molecule has 176 valence electrons. The van der Waals surface area contributed by atoms with Crippen LogP contribution < -0.4 is 10.6 Å². The number of ether oxygens (including phenoxy) is 1. The van der Waals surface area contributed by atoms with E-state index in [2.05, 4.69) is 15.7 Å². The zero-order valence-corrected chi connectivity index (χ0v) is 18.7. The lowest BCUT2D eigenvalue weighted by Gasteiger charge is -2.22. The quantitative estimate of drug-likeness (QED) is 0.664. The van der Waals surface area contributed by atoms with Crippen molar-refractivity contribution in [2.45, 2.75) is 32.4 Å². The summed E-state index contributed by atoms with van der Waals surface area (Å²) in [5.74, 6) is -0.0198. The Kier molecular flexibility index (Phi) is 7.89. The monoisotopic (exact) mass is 455 g/mol. The fourth-order valence-electron chi connectivity index (χ4n) is 2.74. The van der Waals surface area contributed by atoms with Crippen LogP contribution >= 0.6 is 0 Å². The molecule has 11 heteroatoms. The number of amides is 3. The summed E-state index contributed by atoms with van der Waals surface area (Å²) >= 11 is 0. The maximum Gasteiger partial charge on any atom is 0.416 e. The highest BCUT2D eigenvalue weighted by Gasteiger charge is 2.30. The van der Waals surface area contributed by atoms with Gasteiger partial charge in [-0.3, -0.25) is 9.48 Å². The highest BCUT2D eigenvalue weighted by Crippen LogP contribution is 2.30. The fourth-order valence-corrected chi connectivity index (χ4v) is 2.74. The smallest absolute Gasteiger partial charge is 0.383 e. The van der Waals surface area contributed by atoms with Gasteiger partial charge in [0, 0.05) is 37.9 Å². The largest absolute Gasteiger partial charge is 0.416 e. The molecule has 1 aromatic heterocycles. The molecule has 2 N–H and O–H groups in total. The van der Waals surface area contributed by atoms with Crippen molar-refractivity contribution in [2.75, 3.05) is 37.4 Å². The molecule has 0 atom stereocenters. The van der Waals surface area contributed by atoms with Crippen molar-refractivity contribution in [3.05, 3.63) is 41.6 Å². The zero-order valence-electron chi connectivity index (χ0n) is 18.7. The normalized spacial score (nSPS) is 11.9. The van der Waals surface area contributed by atoms with Crippen molar-refractivity contribution in [2.24, 2.45) is 7.05 Å². The van der Waals surface area contributed by atoms with Crippen LogP contribution in [0.2, 0.25) is 0 Å². The maximum atomic E-state index is 12.9. The number of methoxy groups -OCH3 is 1. The molecule has 0 aliphatic rings. The molecule has 2 aromatic rings. The first kappa shape index (κ1) is 25.2. The summed E-state index contributed by atoms with van der Waals surface area (Å²) in [6.07, 6.45) is -4.54. The van der Waals surface area contributed by atoms with Crippen LogP contribution in [0.15, 0.2) is 30.3 Å². The van der Waals surface area contributed by atoms with Crippen LogP contribution in [0, 0.1) is 0 Å². The second kappa shape index (κ2) is 10.0. The minimum absolute atomic E-state index is 0.0332. The topological polar surface area (TPSA) is 88.5 Å². The van der Waals surface area contributed by atoms with E-state index in [0.29, 0.717) is 5.82 Å². The van der Waals surface area contributed by atoms with Gasteiger partial charge >= 0.3 is 12.2 Å². The van der Waals surface area contributed by atoms with E-state index in [0.717, 1.165) is 22.7 Å². The number of halogens is 3. The maximum absolute atomic E-state index is 12.9. The van der Waals surface area contributed by atoms with E-state index in [1.807, 2.05) is 20.8 Å². The average Bonchev–Trinajstić information content (AvgIpc) is 3.05. The standard InChI is InChI=1S/C21H28F3N5O3/c1-20(2,3)16-12-17(28(4)27-16)26-18(30)13-29(9-10-32-5)19(31)25-15-8-6-7-14(11-15)21(22,23)24/h6-8,11-12H,9-10,13H2,1-5H3,(H,25,31)(H,26,30). The molecule has 32 heavy (non-hydrogen) atoms. The summed E-state index contributed by atoms with van der Waals surface area (Å²) in [5.41, 5.74) is -0.346. The molecule has 3 amide bonds. The molecule has 1 aromatic carbocycles. The molecule has 2 rings (SSSR count). The number of rotatable bonds is 7. The predicted molar refractivity (Wildman–Crippen MR) is 114 cm³/mol. The zero-order chi connectivity index (χ0) is 24.1. The van der Waals surface area contributed by atoms with E-state index in [1.54, 1.807) is 13.1 Å². The number of aromatic nitrogens is 2. The van der Waals surface area contributed by atoms with Crippen LogP contribution in [0.3, 0.4) is 0 Å². The van der Waals surface area contributed by atoms with Gasteiger partial charge in [-0.05, 0) is 18.2 Å². The minimum Gasteiger partial charge on any atom is -0.383 e. The van der Waals surface area contributed by atoms with E-state index in [9.17, 15) is 22.8 Å². The number of nitrogens with zero attached hydrogens (tertiary/aromatic N) is 3. The number of anilines is 2. The number of benzene rings is 1. The lowest BCUT2D eigenvalue weighted by atomic mass is 9.92. The van der Waals surface area contributed by atoms with E-state index >= 15 is 0 Å². The molecule has 0 spiro atoms. The molecule has 0 unspecified atom stereocenters.